The van der Waals surface area contributed by atoms with Crippen LogP contribution in [0, 0.1) is 0 Å². The van der Waals surface area contributed by atoms with Gasteiger partial charge in [-0.15, -0.1) is 0 Å². The maximum absolute atomic E-state index is 9.21. The van der Waals surface area contributed by atoms with Gasteiger partial charge in [0.25, 0.3) is 0 Å². The van der Waals surface area contributed by atoms with Crippen molar-refractivity contribution < 1.29 is 9.84 Å². The first-order valence-electron chi connectivity index (χ1n) is 6.82. The van der Waals surface area contributed by atoms with Gasteiger partial charge < -0.3 is 20.1 Å². The molecule has 1 saturated carbocycles. The third-order valence-corrected chi connectivity index (χ3v) is 3.13. The fourth-order valence-electron chi connectivity index (χ4n) is 2.08. The first-order valence-corrected chi connectivity index (χ1v) is 6.82. The Balaban J connectivity index is 2.26. The molecule has 19 heavy (non-hydrogen) atoms. The van der Waals surface area contributed by atoms with Gasteiger partial charge in [0, 0.05) is 19.1 Å². The van der Waals surface area contributed by atoms with Crippen molar-refractivity contribution in [1.82, 2.24) is 9.97 Å². The number of aliphatic hydroxyl groups is 1. The van der Waals surface area contributed by atoms with Gasteiger partial charge in [0.05, 0.1) is 13.7 Å². The molecule has 1 fully saturated rings. The summed E-state index contributed by atoms with van der Waals surface area (Å²) in [4.78, 5) is 10.7. The summed E-state index contributed by atoms with van der Waals surface area (Å²) in [6.45, 7) is 3.63. The second-order valence-corrected chi connectivity index (χ2v) is 4.65. The van der Waals surface area contributed by atoms with Crippen molar-refractivity contribution in [3.05, 3.63) is 6.33 Å². The van der Waals surface area contributed by atoms with Gasteiger partial charge in [-0.1, -0.05) is 6.92 Å². The van der Waals surface area contributed by atoms with E-state index in [0.717, 1.165) is 37.4 Å². The van der Waals surface area contributed by atoms with Crippen LogP contribution in [0.1, 0.15) is 26.2 Å². The smallest absolute Gasteiger partial charge is 0.204 e. The number of aromatic nitrogens is 2. The number of hydrogen-bond acceptors (Lipinski definition) is 6. The van der Waals surface area contributed by atoms with Gasteiger partial charge in [0.15, 0.2) is 11.6 Å². The lowest BCUT2D eigenvalue weighted by Crippen LogP contribution is -2.30. The molecule has 1 aromatic rings. The number of methoxy groups -OCH3 is 1. The molecule has 0 aromatic carbocycles. The Morgan fingerprint density at radius 2 is 2.26 bits per heavy atom. The predicted molar refractivity (Wildman–Crippen MR) is 74.8 cm³/mol. The topological polar surface area (TPSA) is 70.5 Å². The van der Waals surface area contributed by atoms with Gasteiger partial charge in [-0.3, -0.25) is 0 Å². The highest BCUT2D eigenvalue weighted by atomic mass is 16.5. The average Bonchev–Trinajstić information content (AvgIpc) is 3.26. The maximum atomic E-state index is 9.21. The SMILES string of the molecule is CCCNc1ncnc(N(CCO)C2CC2)c1OC. The lowest BCUT2D eigenvalue weighted by atomic mass is 10.3. The number of hydrogen-bond donors (Lipinski definition) is 2. The largest absolute Gasteiger partial charge is 0.490 e. The van der Waals surface area contributed by atoms with Crippen LogP contribution in [0.25, 0.3) is 0 Å². The van der Waals surface area contributed by atoms with Crippen LogP contribution in [0.5, 0.6) is 5.75 Å². The minimum atomic E-state index is 0.112. The molecule has 2 rings (SSSR count). The second-order valence-electron chi connectivity index (χ2n) is 4.65. The Labute approximate surface area is 113 Å². The van der Waals surface area contributed by atoms with Crippen LogP contribution < -0.4 is 15.0 Å². The van der Waals surface area contributed by atoms with E-state index in [-0.39, 0.29) is 6.61 Å². The van der Waals surface area contributed by atoms with E-state index < -0.39 is 0 Å². The Morgan fingerprint density at radius 3 is 2.84 bits per heavy atom. The van der Waals surface area contributed by atoms with E-state index in [1.807, 2.05) is 0 Å². The molecule has 0 radical (unpaired) electrons. The number of ether oxygens (including phenoxy) is 1. The summed E-state index contributed by atoms with van der Waals surface area (Å²) in [5, 5.41) is 12.5. The summed E-state index contributed by atoms with van der Waals surface area (Å²) in [6.07, 6.45) is 4.85. The van der Waals surface area contributed by atoms with E-state index >= 15 is 0 Å². The number of nitrogens with one attached hydrogen (secondary N) is 1. The van der Waals surface area contributed by atoms with Crippen molar-refractivity contribution in [2.24, 2.45) is 0 Å². The minimum absolute atomic E-state index is 0.112. The first-order chi connectivity index (χ1) is 9.31. The highest BCUT2D eigenvalue weighted by Gasteiger charge is 2.32. The van der Waals surface area contributed by atoms with Crippen LogP contribution in [0.4, 0.5) is 11.6 Å². The Morgan fingerprint density at radius 1 is 1.47 bits per heavy atom. The molecule has 0 aliphatic heterocycles. The summed E-state index contributed by atoms with van der Waals surface area (Å²) in [6, 6.07) is 0.468. The zero-order chi connectivity index (χ0) is 13.7. The average molecular weight is 266 g/mol. The van der Waals surface area contributed by atoms with E-state index in [1.165, 1.54) is 0 Å². The van der Waals surface area contributed by atoms with Crippen molar-refractivity contribution in [1.29, 1.82) is 0 Å². The molecule has 2 N–H and O–H groups in total. The molecule has 0 unspecified atom stereocenters. The summed E-state index contributed by atoms with van der Waals surface area (Å²) in [7, 11) is 1.63. The maximum Gasteiger partial charge on any atom is 0.204 e. The van der Waals surface area contributed by atoms with E-state index in [9.17, 15) is 5.11 Å². The lowest BCUT2D eigenvalue weighted by molar-refractivity contribution is 0.300. The van der Waals surface area contributed by atoms with Crippen LogP contribution in [0.2, 0.25) is 0 Å². The zero-order valence-electron chi connectivity index (χ0n) is 11.6. The fraction of sp³-hybridized carbons (Fsp3) is 0.692. The molecular formula is C13H22N4O2. The molecule has 106 valence electrons. The molecule has 0 saturated heterocycles. The lowest BCUT2D eigenvalue weighted by Gasteiger charge is -2.25. The number of anilines is 2. The summed E-state index contributed by atoms with van der Waals surface area (Å²) >= 11 is 0. The van der Waals surface area contributed by atoms with Crippen molar-refractivity contribution in [2.75, 3.05) is 37.0 Å². The molecule has 1 aliphatic carbocycles. The number of nitrogens with zero attached hydrogens (tertiary/aromatic N) is 3. The van der Waals surface area contributed by atoms with Gasteiger partial charge in [-0.05, 0) is 19.3 Å². The van der Waals surface area contributed by atoms with Crippen LogP contribution >= 0.6 is 0 Å². The van der Waals surface area contributed by atoms with Gasteiger partial charge in [0.1, 0.15) is 6.33 Å². The molecular weight excluding hydrogens is 244 g/mol. The van der Waals surface area contributed by atoms with Crippen molar-refractivity contribution in [3.63, 3.8) is 0 Å². The van der Waals surface area contributed by atoms with Gasteiger partial charge in [-0.25, -0.2) is 9.97 Å². The van der Waals surface area contributed by atoms with Crippen molar-refractivity contribution in [2.45, 2.75) is 32.2 Å². The summed E-state index contributed by atoms with van der Waals surface area (Å²) < 4.78 is 5.47. The molecule has 0 bridgehead atoms. The first kappa shape index (κ1) is 13.9. The molecule has 6 heteroatoms. The van der Waals surface area contributed by atoms with Crippen molar-refractivity contribution >= 4 is 11.6 Å². The number of rotatable bonds is 8. The molecule has 1 heterocycles. The fourth-order valence-corrected chi connectivity index (χ4v) is 2.08. The van der Waals surface area contributed by atoms with Crippen LogP contribution in [0.15, 0.2) is 6.33 Å². The second kappa shape index (κ2) is 6.56. The van der Waals surface area contributed by atoms with Gasteiger partial charge in [0.2, 0.25) is 5.75 Å². The molecule has 6 nitrogen and oxygen atoms in total. The van der Waals surface area contributed by atoms with E-state index in [0.29, 0.717) is 18.3 Å². The van der Waals surface area contributed by atoms with Crippen LogP contribution in [-0.2, 0) is 0 Å². The molecule has 1 aromatic heterocycles. The van der Waals surface area contributed by atoms with Gasteiger partial charge >= 0.3 is 0 Å². The molecule has 1 aliphatic rings. The van der Waals surface area contributed by atoms with Crippen LogP contribution in [-0.4, -0.2) is 47.9 Å². The molecule has 0 atom stereocenters. The zero-order valence-corrected chi connectivity index (χ0v) is 11.6. The van der Waals surface area contributed by atoms with E-state index in [2.05, 4.69) is 27.1 Å². The van der Waals surface area contributed by atoms with Crippen LogP contribution in [0.3, 0.4) is 0 Å². The standard InChI is InChI=1S/C13H22N4O2/c1-3-6-14-12-11(19-2)13(16-9-15-12)17(7-8-18)10-4-5-10/h9-10,18H,3-8H2,1-2H3,(H,14,15,16). The normalized spacial score (nSPS) is 14.3. The van der Waals surface area contributed by atoms with Gasteiger partial charge in [-0.2, -0.15) is 0 Å². The third-order valence-electron chi connectivity index (χ3n) is 3.13. The minimum Gasteiger partial charge on any atom is -0.490 e. The highest BCUT2D eigenvalue weighted by molar-refractivity contribution is 5.65. The Bertz CT molecular complexity index is 410. The molecule has 0 amide bonds. The summed E-state index contributed by atoms with van der Waals surface area (Å²) in [5.74, 6) is 2.15. The third kappa shape index (κ3) is 3.26. The quantitative estimate of drug-likeness (QED) is 0.738. The van der Waals surface area contributed by atoms with E-state index in [1.54, 1.807) is 13.4 Å². The van der Waals surface area contributed by atoms with E-state index in [4.69, 9.17) is 4.74 Å². The Hall–Kier alpha value is -1.56. The summed E-state index contributed by atoms with van der Waals surface area (Å²) in [5.41, 5.74) is 0. The molecule has 0 spiro atoms. The van der Waals surface area contributed by atoms with Crippen molar-refractivity contribution in [3.8, 4) is 5.75 Å². The number of aliphatic hydroxyl groups excluding tert-OH is 1. The monoisotopic (exact) mass is 266 g/mol. The Kier molecular flexibility index (Phi) is 4.79. The predicted octanol–water partition coefficient (Wildman–Crippen LogP) is 1.27. The highest BCUT2D eigenvalue weighted by Crippen LogP contribution is 2.38.